The van der Waals surface area contributed by atoms with Crippen molar-refractivity contribution in [3.63, 3.8) is 0 Å². The number of halogens is 1. The van der Waals surface area contributed by atoms with E-state index in [-0.39, 0.29) is 6.61 Å². The summed E-state index contributed by atoms with van der Waals surface area (Å²) in [6.07, 6.45) is -0.820. The van der Waals surface area contributed by atoms with E-state index in [1.54, 1.807) is 6.07 Å². The van der Waals surface area contributed by atoms with Gasteiger partial charge in [-0.05, 0) is 25.1 Å². The summed E-state index contributed by atoms with van der Waals surface area (Å²) in [5.74, 6) is -0.104. The van der Waals surface area contributed by atoms with Crippen LogP contribution >= 0.6 is 0 Å². The molecule has 1 unspecified atom stereocenters. The highest BCUT2D eigenvalue weighted by Gasteiger charge is 2.10. The van der Waals surface area contributed by atoms with Crippen LogP contribution in [0.2, 0.25) is 0 Å². The molecule has 0 amide bonds. The summed E-state index contributed by atoms with van der Waals surface area (Å²) in [4.78, 5) is 0. The molecule has 0 heterocycles. The van der Waals surface area contributed by atoms with Gasteiger partial charge < -0.3 is 9.84 Å². The van der Waals surface area contributed by atoms with E-state index in [9.17, 15) is 9.50 Å². The van der Waals surface area contributed by atoms with Gasteiger partial charge in [0.05, 0.1) is 6.10 Å². The van der Waals surface area contributed by atoms with Gasteiger partial charge in [-0.1, -0.05) is 0 Å². The van der Waals surface area contributed by atoms with Crippen molar-refractivity contribution in [1.82, 2.24) is 0 Å². The summed E-state index contributed by atoms with van der Waals surface area (Å²) >= 11 is 0. The van der Waals surface area contributed by atoms with Gasteiger partial charge in [0.1, 0.15) is 17.6 Å². The molecule has 0 spiro atoms. The quantitative estimate of drug-likeness (QED) is 0.799. The van der Waals surface area contributed by atoms with Gasteiger partial charge in [0, 0.05) is 5.56 Å². The second-order valence-corrected chi connectivity index (χ2v) is 2.80. The molecule has 0 aromatic heterocycles. The van der Waals surface area contributed by atoms with E-state index in [2.05, 4.69) is 0 Å². The average molecular weight is 195 g/mol. The minimum Gasteiger partial charge on any atom is -0.478 e. The molecule has 0 aliphatic carbocycles. The first-order valence-corrected chi connectivity index (χ1v) is 4.12. The van der Waals surface area contributed by atoms with Gasteiger partial charge in [-0.2, -0.15) is 5.26 Å². The van der Waals surface area contributed by atoms with Crippen LogP contribution in [0.1, 0.15) is 18.6 Å². The molecule has 1 N–H and O–H groups in total. The van der Waals surface area contributed by atoms with Gasteiger partial charge in [0.2, 0.25) is 0 Å². The van der Waals surface area contributed by atoms with Crippen LogP contribution in [-0.4, -0.2) is 11.7 Å². The predicted molar refractivity (Wildman–Crippen MR) is 48.1 cm³/mol. The molecular weight excluding hydrogens is 185 g/mol. The van der Waals surface area contributed by atoms with Crippen molar-refractivity contribution in [2.45, 2.75) is 13.0 Å². The molecule has 3 nitrogen and oxygen atoms in total. The maximum atomic E-state index is 12.8. The molecule has 0 saturated heterocycles. The molecule has 0 radical (unpaired) electrons. The highest BCUT2D eigenvalue weighted by atomic mass is 19.1. The molecule has 0 saturated carbocycles. The Morgan fingerprint density at radius 2 is 2.36 bits per heavy atom. The lowest BCUT2D eigenvalue weighted by molar-refractivity contribution is 0.192. The largest absolute Gasteiger partial charge is 0.478 e. The number of ether oxygens (including phenoxy) is 1. The Labute approximate surface area is 81.4 Å². The van der Waals surface area contributed by atoms with Gasteiger partial charge in [-0.25, -0.2) is 4.39 Å². The van der Waals surface area contributed by atoms with Crippen molar-refractivity contribution < 1.29 is 14.2 Å². The van der Waals surface area contributed by atoms with Crippen LogP contribution in [0.25, 0.3) is 0 Å². The maximum Gasteiger partial charge on any atom is 0.174 e. The van der Waals surface area contributed by atoms with Crippen molar-refractivity contribution in [3.05, 3.63) is 29.6 Å². The zero-order valence-corrected chi connectivity index (χ0v) is 7.70. The number of nitrogens with zero attached hydrogens (tertiary/aromatic N) is 1. The molecule has 1 aromatic rings. The number of aliphatic hydroxyl groups excluding tert-OH is 1. The van der Waals surface area contributed by atoms with E-state index in [0.717, 1.165) is 0 Å². The first kappa shape index (κ1) is 10.5. The lowest BCUT2D eigenvalue weighted by Gasteiger charge is -2.11. The number of hydrogen-bond acceptors (Lipinski definition) is 3. The Morgan fingerprint density at radius 1 is 1.64 bits per heavy atom. The average Bonchev–Trinajstić information content (AvgIpc) is 2.15. The molecule has 1 aromatic carbocycles. The number of rotatable bonds is 3. The molecular formula is C10H10FNO2. The summed E-state index contributed by atoms with van der Waals surface area (Å²) < 4.78 is 17.8. The van der Waals surface area contributed by atoms with E-state index in [1.807, 2.05) is 0 Å². The van der Waals surface area contributed by atoms with Crippen LogP contribution in [0.4, 0.5) is 4.39 Å². The number of benzene rings is 1. The number of hydrogen-bond donors (Lipinski definition) is 1. The van der Waals surface area contributed by atoms with Gasteiger partial charge in [-0.15, -0.1) is 0 Å². The first-order chi connectivity index (χ1) is 6.65. The van der Waals surface area contributed by atoms with Crippen molar-refractivity contribution >= 4 is 0 Å². The molecule has 0 aliphatic heterocycles. The summed E-state index contributed by atoms with van der Waals surface area (Å²) in [5.41, 5.74) is 0.347. The smallest absolute Gasteiger partial charge is 0.174 e. The maximum absolute atomic E-state index is 12.8. The summed E-state index contributed by atoms with van der Waals surface area (Å²) in [6, 6.07) is 5.61. The van der Waals surface area contributed by atoms with Gasteiger partial charge in [0.15, 0.2) is 6.61 Å². The van der Waals surface area contributed by atoms with E-state index < -0.39 is 11.9 Å². The fraction of sp³-hybridized carbons (Fsp3) is 0.300. The zero-order valence-electron chi connectivity index (χ0n) is 7.70. The van der Waals surface area contributed by atoms with Gasteiger partial charge >= 0.3 is 0 Å². The van der Waals surface area contributed by atoms with Crippen molar-refractivity contribution in [1.29, 1.82) is 5.26 Å². The Hall–Kier alpha value is -1.60. The first-order valence-electron chi connectivity index (χ1n) is 4.12. The third kappa shape index (κ3) is 2.44. The Balaban J connectivity index is 2.97. The predicted octanol–water partition coefficient (Wildman–Crippen LogP) is 1.78. The van der Waals surface area contributed by atoms with Crippen LogP contribution in [-0.2, 0) is 0 Å². The third-order valence-corrected chi connectivity index (χ3v) is 1.71. The molecule has 14 heavy (non-hydrogen) atoms. The van der Waals surface area contributed by atoms with Gasteiger partial charge in [0.25, 0.3) is 0 Å². The lowest BCUT2D eigenvalue weighted by Crippen LogP contribution is -2.01. The number of nitriles is 1. The Morgan fingerprint density at radius 3 is 2.93 bits per heavy atom. The van der Waals surface area contributed by atoms with Crippen LogP contribution in [0.3, 0.4) is 0 Å². The monoisotopic (exact) mass is 195 g/mol. The van der Waals surface area contributed by atoms with Crippen LogP contribution in [0.15, 0.2) is 18.2 Å². The van der Waals surface area contributed by atoms with E-state index >= 15 is 0 Å². The molecule has 4 heteroatoms. The molecule has 1 atom stereocenters. The van der Waals surface area contributed by atoms with Crippen LogP contribution < -0.4 is 4.74 Å². The molecule has 0 aliphatic rings. The highest BCUT2D eigenvalue weighted by Crippen LogP contribution is 2.25. The molecule has 74 valence electrons. The van der Waals surface area contributed by atoms with E-state index in [0.29, 0.717) is 11.3 Å². The molecule has 0 fully saturated rings. The lowest BCUT2D eigenvalue weighted by atomic mass is 10.1. The van der Waals surface area contributed by atoms with Crippen molar-refractivity contribution in [2.75, 3.05) is 6.61 Å². The van der Waals surface area contributed by atoms with Crippen molar-refractivity contribution in [2.24, 2.45) is 0 Å². The minimum atomic E-state index is -0.820. The standard InChI is InChI=1S/C10H10FNO2/c1-7(13)9-6-8(11)2-3-10(9)14-5-4-12/h2-3,6-7,13H,5H2,1H3. The zero-order chi connectivity index (χ0) is 10.6. The highest BCUT2D eigenvalue weighted by molar-refractivity contribution is 5.35. The summed E-state index contributed by atoms with van der Waals surface area (Å²) in [5, 5.41) is 17.6. The second kappa shape index (κ2) is 4.58. The van der Waals surface area contributed by atoms with E-state index in [4.69, 9.17) is 10.00 Å². The fourth-order valence-electron chi connectivity index (χ4n) is 1.09. The number of aliphatic hydroxyl groups is 1. The van der Waals surface area contributed by atoms with Crippen LogP contribution in [0.5, 0.6) is 5.75 Å². The van der Waals surface area contributed by atoms with Crippen molar-refractivity contribution in [3.8, 4) is 11.8 Å². The topological polar surface area (TPSA) is 53.2 Å². The van der Waals surface area contributed by atoms with E-state index in [1.165, 1.54) is 25.1 Å². The SMILES string of the molecule is CC(O)c1cc(F)ccc1OCC#N. The summed E-state index contributed by atoms with van der Waals surface area (Å²) in [7, 11) is 0. The fourth-order valence-corrected chi connectivity index (χ4v) is 1.09. The third-order valence-electron chi connectivity index (χ3n) is 1.71. The van der Waals surface area contributed by atoms with Gasteiger partial charge in [-0.3, -0.25) is 0 Å². The minimum absolute atomic E-state index is 0.120. The molecule has 0 bridgehead atoms. The second-order valence-electron chi connectivity index (χ2n) is 2.80. The summed E-state index contributed by atoms with van der Waals surface area (Å²) in [6.45, 7) is 1.39. The van der Waals surface area contributed by atoms with Crippen LogP contribution in [0, 0.1) is 17.1 Å². The molecule has 1 rings (SSSR count). The Bertz CT molecular complexity index is 358. The Kier molecular flexibility index (Phi) is 3.43. The normalized spacial score (nSPS) is 11.9.